The number of hydrogen-bond acceptors (Lipinski definition) is 15. The topological polar surface area (TPSA) is 214 Å². The van der Waals surface area contributed by atoms with Crippen molar-refractivity contribution in [3.63, 3.8) is 0 Å². The zero-order chi connectivity index (χ0) is 62.6. The first-order valence-electron chi connectivity index (χ1n) is 27.7. The summed E-state index contributed by atoms with van der Waals surface area (Å²) < 4.78 is 1.64. The molecule has 0 atom stereocenters. The highest BCUT2D eigenvalue weighted by atomic mass is 15.4. The lowest BCUT2D eigenvalue weighted by Crippen LogP contribution is -1.85. The number of pyridine rings is 3. The quantitative estimate of drug-likeness (QED) is 0.149. The molecule has 9 aromatic heterocycles. The van der Waals surface area contributed by atoms with E-state index >= 15 is 0 Å². The highest BCUT2D eigenvalue weighted by Gasteiger charge is 1.79. The molecule has 0 fully saturated rings. The fourth-order valence-electron chi connectivity index (χ4n) is 3.31. The largest absolute Gasteiger partial charge is 0.265 e. The summed E-state index contributed by atoms with van der Waals surface area (Å²) in [4.78, 5) is 27.0. The summed E-state index contributed by atoms with van der Waals surface area (Å²) in [5.74, 6) is 0.822. The Labute approximate surface area is 482 Å². The van der Waals surface area contributed by atoms with Gasteiger partial charge in [-0.1, -0.05) is 142 Å². The van der Waals surface area contributed by atoms with Crippen LogP contribution in [0.3, 0.4) is 0 Å². The van der Waals surface area contributed by atoms with E-state index in [1.165, 1.54) is 17.5 Å². The molecule has 0 saturated carbocycles. The van der Waals surface area contributed by atoms with Crippen molar-refractivity contribution in [2.75, 3.05) is 0 Å². The molecule has 1 N–H and O–H groups in total. The second-order valence-corrected chi connectivity index (χ2v) is 12.1. The van der Waals surface area contributed by atoms with Crippen molar-refractivity contribution in [1.82, 2.24) is 85.7 Å². The van der Waals surface area contributed by atoms with E-state index in [1.807, 2.05) is 260 Å². The van der Waals surface area contributed by atoms with Crippen molar-refractivity contribution in [3.05, 3.63) is 211 Å². The monoisotopic (exact) mass is 1090 g/mol. The fraction of sp³-hybridized carbons (Fsp3) is 0.435. The number of nitrogens with zero attached hydrogens (tertiary/aromatic N) is 16. The first kappa shape index (κ1) is 90.6. The molecule has 0 aliphatic carbocycles. The van der Waals surface area contributed by atoms with Crippen LogP contribution in [0, 0.1) is 55.4 Å². The van der Waals surface area contributed by atoms with Crippen molar-refractivity contribution in [1.29, 1.82) is 0 Å². The Morgan fingerprint density at radius 2 is 0.861 bits per heavy atom. The van der Waals surface area contributed by atoms with Crippen LogP contribution in [0.5, 0.6) is 0 Å². The molecule has 0 radical (unpaired) electrons. The highest BCUT2D eigenvalue weighted by Crippen LogP contribution is 1.90. The van der Waals surface area contributed by atoms with Gasteiger partial charge in [0.2, 0.25) is 0 Å². The number of H-pyrrole nitrogens is 1. The summed E-state index contributed by atoms with van der Waals surface area (Å²) in [6.07, 6.45) is 25.8. The van der Waals surface area contributed by atoms with Crippen molar-refractivity contribution < 1.29 is 0 Å². The van der Waals surface area contributed by atoms with E-state index in [2.05, 4.69) is 81.0 Å². The van der Waals surface area contributed by atoms with Gasteiger partial charge in [-0.15, -0.1) is 5.10 Å². The molecule has 17 heteroatoms. The Bertz CT molecular complexity index is 1810. The van der Waals surface area contributed by atoms with Gasteiger partial charge >= 0.3 is 0 Å². The van der Waals surface area contributed by atoms with E-state index in [0.29, 0.717) is 0 Å². The molecular weight excluding hydrogens is 983 g/mol. The van der Waals surface area contributed by atoms with E-state index < -0.39 is 0 Å². The molecule has 0 amide bonds. The van der Waals surface area contributed by atoms with Gasteiger partial charge in [-0.05, 0) is 133 Å². The molecule has 9 heterocycles. The average Bonchev–Trinajstić information content (AvgIpc) is 4.23. The molecule has 79 heavy (non-hydrogen) atoms. The van der Waals surface area contributed by atoms with Crippen LogP contribution < -0.4 is 0 Å². The smallest absolute Gasteiger partial charge is 0.125 e. The van der Waals surface area contributed by atoms with Crippen molar-refractivity contribution in [2.24, 2.45) is 7.05 Å². The Balaban J connectivity index is -0.0000000962. The third-order valence-electron chi connectivity index (χ3n) is 6.41. The second-order valence-electron chi connectivity index (χ2n) is 12.1. The summed E-state index contributed by atoms with van der Waals surface area (Å²) in [7, 11) is 1.83. The van der Waals surface area contributed by atoms with E-state index in [4.69, 9.17) is 0 Å². The van der Waals surface area contributed by atoms with Gasteiger partial charge < -0.3 is 0 Å². The van der Waals surface area contributed by atoms with Crippen molar-refractivity contribution in [2.45, 2.75) is 180 Å². The number of nitrogens with one attached hydrogen (secondary N) is 1. The van der Waals surface area contributed by atoms with Gasteiger partial charge in [0.1, 0.15) is 12.2 Å². The first-order chi connectivity index (χ1) is 38.5. The minimum atomic E-state index is 0.822. The van der Waals surface area contributed by atoms with Gasteiger partial charge in [0, 0.05) is 86.6 Å². The highest BCUT2D eigenvalue weighted by molar-refractivity contribution is 5.06. The van der Waals surface area contributed by atoms with Gasteiger partial charge in [-0.2, -0.15) is 35.8 Å². The summed E-state index contributed by atoms with van der Waals surface area (Å²) in [6, 6.07) is 23.1. The molecule has 0 aliphatic heterocycles. The van der Waals surface area contributed by atoms with Crippen LogP contribution in [0.25, 0.3) is 0 Å². The molecule has 0 bridgehead atoms. The number of aryl methyl sites for hydroxylation is 9. The van der Waals surface area contributed by atoms with E-state index in [9.17, 15) is 0 Å². The first-order valence-corrected chi connectivity index (χ1v) is 27.7. The normalized spacial score (nSPS) is 7.43. The molecule has 0 aromatic carbocycles. The van der Waals surface area contributed by atoms with Crippen molar-refractivity contribution in [3.8, 4) is 0 Å². The maximum Gasteiger partial charge on any atom is 0.125 e. The van der Waals surface area contributed by atoms with E-state index in [1.54, 1.807) is 91.3 Å². The maximum absolute atomic E-state index is 3.98. The Morgan fingerprint density at radius 3 is 1.06 bits per heavy atom. The average molecular weight is 1090 g/mol. The molecule has 0 aliphatic rings. The number of aromatic amines is 1. The predicted molar refractivity (Wildman–Crippen MR) is 338 cm³/mol. The fourth-order valence-corrected chi connectivity index (χ4v) is 3.31. The standard InChI is InChI=1S/3C6H7N.4C5H6N2.2C3H5N3.9C2H6/c1-6-2-4-7-5-3-6;1-6-3-2-4-7-5-6;1-6-4-2-3-5-7-6;1-5-2-3-6-4-7-5;1-5-2-3-6-7-4-5;1-5-6-3-2-4-7-5;1-5-3-2-4-6-7-5;1-6-3-2-4-5-6;1-3-2-4-6-5-3;9*1-2/h3*2-5H,1H3;4*2-4H,1H3;2-3H,1H3;2H,1H3,(H,4,5,6);9*1-2H3. The molecular formula is C62H109N17. The summed E-state index contributed by atoms with van der Waals surface area (Å²) in [5, 5.41) is 31.4. The van der Waals surface area contributed by atoms with E-state index in [0.717, 1.165) is 34.2 Å². The molecule has 9 rings (SSSR count). The number of hydrogen-bond donors (Lipinski definition) is 1. The lowest BCUT2D eigenvalue weighted by molar-refractivity contribution is 0.715. The Kier molecular flexibility index (Phi) is 99.4. The van der Waals surface area contributed by atoms with Crippen LogP contribution in [-0.4, -0.2) is 85.7 Å². The Morgan fingerprint density at radius 1 is 0.342 bits per heavy atom. The van der Waals surface area contributed by atoms with Gasteiger partial charge in [0.25, 0.3) is 0 Å². The molecule has 9 aromatic rings. The third-order valence-corrected chi connectivity index (χ3v) is 6.41. The van der Waals surface area contributed by atoms with Crippen LogP contribution in [0.2, 0.25) is 0 Å². The lowest BCUT2D eigenvalue weighted by Gasteiger charge is -1.82. The van der Waals surface area contributed by atoms with Crippen LogP contribution in [-0.2, 0) is 7.05 Å². The van der Waals surface area contributed by atoms with Crippen LogP contribution in [0.4, 0.5) is 0 Å². The third kappa shape index (κ3) is 84.3. The zero-order valence-corrected chi connectivity index (χ0v) is 54.2. The minimum absolute atomic E-state index is 0.822. The summed E-state index contributed by atoms with van der Waals surface area (Å²) in [6.45, 7) is 51.6. The van der Waals surface area contributed by atoms with Crippen LogP contribution in [0.15, 0.2) is 166 Å². The molecule has 0 saturated heterocycles. The molecule has 442 valence electrons. The van der Waals surface area contributed by atoms with E-state index in [-0.39, 0.29) is 0 Å². The molecule has 0 spiro atoms. The lowest BCUT2D eigenvalue weighted by atomic mass is 10.3. The van der Waals surface area contributed by atoms with Gasteiger partial charge in [-0.25, -0.2) is 19.9 Å². The SMILES string of the molecule is CC.CC.CC.CC.CC.CC.CC.CC.CC.Cc1ccccn1.Cc1cccnc1.Cc1cccnn1.Cc1ccncc1.Cc1ccncn1.Cc1ccnnc1.Cc1cn[nH]n1.Cc1ncccn1.Cn1ccnn1. The summed E-state index contributed by atoms with van der Waals surface area (Å²) >= 11 is 0. The number of aromatic nitrogens is 17. The van der Waals surface area contributed by atoms with Gasteiger partial charge in [0.05, 0.1) is 30.0 Å². The van der Waals surface area contributed by atoms with Crippen LogP contribution >= 0.6 is 0 Å². The van der Waals surface area contributed by atoms with Crippen molar-refractivity contribution >= 4 is 0 Å². The minimum Gasteiger partial charge on any atom is -0.265 e. The van der Waals surface area contributed by atoms with Gasteiger partial charge in [0.15, 0.2) is 0 Å². The Hall–Kier alpha value is -7.95. The molecule has 0 unspecified atom stereocenters. The summed E-state index contributed by atoms with van der Waals surface area (Å²) in [5.41, 5.74) is 7.59. The zero-order valence-electron chi connectivity index (χ0n) is 54.2. The molecule has 17 nitrogen and oxygen atoms in total. The second kappa shape index (κ2) is 86.7. The van der Waals surface area contributed by atoms with Gasteiger partial charge in [-0.3, -0.25) is 19.6 Å². The van der Waals surface area contributed by atoms with Crippen LogP contribution in [0.1, 0.15) is 170 Å². The predicted octanol–water partition coefficient (Wildman–Crippen LogP) is 16.5. The number of rotatable bonds is 0. The maximum atomic E-state index is 3.98.